The topological polar surface area (TPSA) is 85.4 Å². The van der Waals surface area contributed by atoms with Gasteiger partial charge in [0.05, 0.1) is 26.2 Å². The van der Waals surface area contributed by atoms with E-state index in [9.17, 15) is 17.6 Å². The normalized spacial score (nSPS) is 15.0. The zero-order valence-electron chi connectivity index (χ0n) is 16.9. The molecule has 0 atom stereocenters. The van der Waals surface area contributed by atoms with Gasteiger partial charge in [-0.3, -0.25) is 4.79 Å². The van der Waals surface area contributed by atoms with Crippen LogP contribution in [0.4, 0.5) is 4.39 Å². The molecule has 0 aliphatic carbocycles. The molecule has 8 nitrogen and oxygen atoms in total. The van der Waals surface area contributed by atoms with Crippen LogP contribution >= 0.6 is 0 Å². The molecule has 10 heteroatoms. The summed E-state index contributed by atoms with van der Waals surface area (Å²) in [6, 6.07) is 7.99. The Bertz CT molecular complexity index is 1010. The predicted octanol–water partition coefficient (Wildman–Crippen LogP) is 2.00. The Hall–Kier alpha value is -2.85. The molecule has 1 aliphatic rings. The highest BCUT2D eigenvalue weighted by molar-refractivity contribution is 7.89. The first-order valence-electron chi connectivity index (χ1n) is 9.16. The molecule has 0 N–H and O–H groups in total. The maximum absolute atomic E-state index is 13.4. The van der Waals surface area contributed by atoms with Gasteiger partial charge in [0.15, 0.2) is 11.5 Å². The van der Waals surface area contributed by atoms with Gasteiger partial charge in [-0.1, -0.05) is 6.07 Å². The molecule has 1 aliphatic heterocycles. The second-order valence-electron chi connectivity index (χ2n) is 6.57. The third-order valence-corrected chi connectivity index (χ3v) is 6.77. The minimum atomic E-state index is -3.83. The number of carbonyl (C=O) groups excluding carboxylic acids is 1. The Balaban J connectivity index is 1.76. The highest BCUT2D eigenvalue weighted by Crippen LogP contribution is 2.38. The van der Waals surface area contributed by atoms with Gasteiger partial charge in [0, 0.05) is 31.7 Å². The maximum Gasteiger partial charge on any atom is 0.254 e. The lowest BCUT2D eigenvalue weighted by molar-refractivity contribution is 0.0697. The molecule has 0 aromatic heterocycles. The van der Waals surface area contributed by atoms with Crippen LogP contribution in [0.3, 0.4) is 0 Å². The largest absolute Gasteiger partial charge is 0.493 e. The smallest absolute Gasteiger partial charge is 0.254 e. The fraction of sp³-hybridized carbons (Fsp3) is 0.350. The number of hydrogen-bond donors (Lipinski definition) is 0. The molecular formula is C20H23FN2O6S. The molecule has 2 aromatic carbocycles. The SMILES string of the molecule is COc1cc(C(=O)N2CCN(S(=O)(=O)c3cccc(F)c3)CC2)cc(OC)c1OC. The lowest BCUT2D eigenvalue weighted by atomic mass is 10.1. The van der Waals surface area contributed by atoms with E-state index in [0.29, 0.717) is 22.8 Å². The monoisotopic (exact) mass is 438 g/mol. The van der Waals surface area contributed by atoms with Gasteiger partial charge in [-0.05, 0) is 30.3 Å². The van der Waals surface area contributed by atoms with Crippen LogP contribution in [0.15, 0.2) is 41.3 Å². The van der Waals surface area contributed by atoms with E-state index < -0.39 is 15.8 Å². The zero-order valence-corrected chi connectivity index (χ0v) is 17.7. The molecule has 0 radical (unpaired) electrons. The minimum absolute atomic E-state index is 0.105. The van der Waals surface area contributed by atoms with E-state index in [2.05, 4.69) is 0 Å². The first-order valence-corrected chi connectivity index (χ1v) is 10.6. The molecule has 1 amide bonds. The lowest BCUT2D eigenvalue weighted by Crippen LogP contribution is -2.50. The number of carbonyl (C=O) groups is 1. The van der Waals surface area contributed by atoms with E-state index in [1.54, 1.807) is 17.0 Å². The van der Waals surface area contributed by atoms with Crippen LogP contribution in [0.1, 0.15) is 10.4 Å². The third kappa shape index (κ3) is 4.19. The Labute approximate surface area is 174 Å². The van der Waals surface area contributed by atoms with E-state index in [1.165, 1.54) is 43.8 Å². The Morgan fingerprint density at radius 2 is 1.53 bits per heavy atom. The average molecular weight is 438 g/mol. The molecule has 0 saturated carbocycles. The molecule has 2 aromatic rings. The molecule has 1 fully saturated rings. The summed E-state index contributed by atoms with van der Waals surface area (Å²) in [6.45, 7) is 0.609. The van der Waals surface area contributed by atoms with Crippen LogP contribution in [0.25, 0.3) is 0 Å². The summed E-state index contributed by atoms with van der Waals surface area (Å²) in [6.07, 6.45) is 0. The summed E-state index contributed by atoms with van der Waals surface area (Å²) in [5, 5.41) is 0. The molecule has 162 valence electrons. The first kappa shape index (κ1) is 21.8. The number of ether oxygens (including phenoxy) is 3. The van der Waals surface area contributed by atoms with Crippen LogP contribution in [0.2, 0.25) is 0 Å². The van der Waals surface area contributed by atoms with Crippen LogP contribution in [-0.4, -0.2) is 71.0 Å². The first-order chi connectivity index (χ1) is 14.3. The molecule has 30 heavy (non-hydrogen) atoms. The van der Waals surface area contributed by atoms with E-state index in [0.717, 1.165) is 6.07 Å². The van der Waals surface area contributed by atoms with Crippen molar-refractivity contribution in [1.29, 1.82) is 0 Å². The molecule has 1 heterocycles. The molecule has 3 rings (SSSR count). The van der Waals surface area contributed by atoms with Gasteiger partial charge in [-0.2, -0.15) is 4.31 Å². The van der Waals surface area contributed by atoms with Gasteiger partial charge in [-0.15, -0.1) is 0 Å². The quantitative estimate of drug-likeness (QED) is 0.686. The minimum Gasteiger partial charge on any atom is -0.493 e. The van der Waals surface area contributed by atoms with E-state index in [-0.39, 0.29) is 37.0 Å². The summed E-state index contributed by atoms with van der Waals surface area (Å²) >= 11 is 0. The van der Waals surface area contributed by atoms with E-state index in [4.69, 9.17) is 14.2 Å². The van der Waals surface area contributed by atoms with Crippen LogP contribution in [0.5, 0.6) is 17.2 Å². The average Bonchev–Trinajstić information content (AvgIpc) is 2.77. The van der Waals surface area contributed by atoms with E-state index >= 15 is 0 Å². The van der Waals surface area contributed by atoms with E-state index in [1.807, 2.05) is 0 Å². The van der Waals surface area contributed by atoms with Gasteiger partial charge in [-0.25, -0.2) is 12.8 Å². The predicted molar refractivity (Wildman–Crippen MR) is 107 cm³/mol. The van der Waals surface area contributed by atoms with Crippen molar-refractivity contribution < 1.29 is 31.8 Å². The van der Waals surface area contributed by atoms with Crippen molar-refractivity contribution in [2.75, 3.05) is 47.5 Å². The van der Waals surface area contributed by atoms with Crippen molar-refractivity contribution in [3.63, 3.8) is 0 Å². The van der Waals surface area contributed by atoms with Gasteiger partial charge < -0.3 is 19.1 Å². The number of methoxy groups -OCH3 is 3. The number of nitrogens with zero attached hydrogens (tertiary/aromatic N) is 2. The molecule has 0 bridgehead atoms. The number of rotatable bonds is 6. The van der Waals surface area contributed by atoms with Crippen molar-refractivity contribution in [3.8, 4) is 17.2 Å². The fourth-order valence-corrected chi connectivity index (χ4v) is 4.75. The van der Waals surface area contributed by atoms with Crippen molar-refractivity contribution in [1.82, 2.24) is 9.21 Å². The van der Waals surface area contributed by atoms with Crippen LogP contribution in [-0.2, 0) is 10.0 Å². The third-order valence-electron chi connectivity index (χ3n) is 4.87. The van der Waals surface area contributed by atoms with Gasteiger partial charge in [0.1, 0.15) is 5.82 Å². The summed E-state index contributed by atoms with van der Waals surface area (Å²) in [7, 11) is 0.562. The second-order valence-corrected chi connectivity index (χ2v) is 8.51. The fourth-order valence-electron chi connectivity index (χ4n) is 3.30. The van der Waals surface area contributed by atoms with Gasteiger partial charge in [0.2, 0.25) is 15.8 Å². The van der Waals surface area contributed by atoms with Crippen molar-refractivity contribution in [2.45, 2.75) is 4.90 Å². The van der Waals surface area contributed by atoms with Crippen molar-refractivity contribution >= 4 is 15.9 Å². The van der Waals surface area contributed by atoms with Gasteiger partial charge in [0.25, 0.3) is 5.91 Å². The van der Waals surface area contributed by atoms with Crippen LogP contribution in [0, 0.1) is 5.82 Å². The zero-order chi connectivity index (χ0) is 21.9. The standard InChI is InChI=1S/C20H23FN2O6S/c1-27-17-11-14(12-18(28-2)19(17)29-3)20(24)22-7-9-23(10-8-22)30(25,26)16-6-4-5-15(21)13-16/h4-6,11-13H,7-10H2,1-3H3. The summed E-state index contributed by atoms with van der Waals surface area (Å²) < 4.78 is 56.0. The lowest BCUT2D eigenvalue weighted by Gasteiger charge is -2.34. The Morgan fingerprint density at radius 1 is 0.933 bits per heavy atom. The summed E-state index contributed by atoms with van der Waals surface area (Å²) in [5.74, 6) is 0.187. The van der Waals surface area contributed by atoms with Crippen molar-refractivity contribution in [3.05, 3.63) is 47.8 Å². The van der Waals surface area contributed by atoms with Gasteiger partial charge >= 0.3 is 0 Å². The summed E-state index contributed by atoms with van der Waals surface area (Å²) in [4.78, 5) is 14.4. The number of amides is 1. The molecule has 0 unspecified atom stereocenters. The van der Waals surface area contributed by atoms with Crippen LogP contribution < -0.4 is 14.2 Å². The molecule has 0 spiro atoms. The number of piperazine rings is 1. The highest BCUT2D eigenvalue weighted by Gasteiger charge is 2.31. The maximum atomic E-state index is 13.4. The number of halogens is 1. The summed E-state index contributed by atoms with van der Waals surface area (Å²) in [5.41, 5.74) is 0.339. The van der Waals surface area contributed by atoms with Crippen molar-refractivity contribution in [2.24, 2.45) is 0 Å². The Kier molecular flexibility index (Phi) is 6.47. The number of benzene rings is 2. The second kappa shape index (κ2) is 8.88. The number of sulfonamides is 1. The molecule has 1 saturated heterocycles. The highest BCUT2D eigenvalue weighted by atomic mass is 32.2. The number of hydrogen-bond acceptors (Lipinski definition) is 6. The molecular weight excluding hydrogens is 415 g/mol. The Morgan fingerprint density at radius 3 is 2.03 bits per heavy atom.